The van der Waals surface area contributed by atoms with Gasteiger partial charge in [0.1, 0.15) is 6.61 Å². The van der Waals surface area contributed by atoms with E-state index in [1.807, 2.05) is 30.9 Å². The SMILES string of the molecule is Cc1ccc(C)c(NS(=O)(=O)c2ccc3c(c2)OCC(C(=O)N2CCCCCC2)O3)c1. The van der Waals surface area contributed by atoms with Gasteiger partial charge in [-0.2, -0.15) is 0 Å². The zero-order valence-corrected chi connectivity index (χ0v) is 18.7. The Kier molecular flexibility index (Phi) is 6.09. The monoisotopic (exact) mass is 444 g/mol. The molecule has 1 unspecified atom stereocenters. The molecule has 1 N–H and O–H groups in total. The molecule has 2 aliphatic rings. The summed E-state index contributed by atoms with van der Waals surface area (Å²) in [6.45, 7) is 5.31. The van der Waals surface area contributed by atoms with Crippen molar-refractivity contribution in [2.75, 3.05) is 24.4 Å². The number of carbonyl (C=O) groups excluding carboxylic acids is 1. The maximum absolute atomic E-state index is 12.9. The molecule has 7 nitrogen and oxygen atoms in total. The predicted molar refractivity (Wildman–Crippen MR) is 118 cm³/mol. The summed E-state index contributed by atoms with van der Waals surface area (Å²) in [5.41, 5.74) is 2.34. The summed E-state index contributed by atoms with van der Waals surface area (Å²) < 4.78 is 40.1. The molecule has 2 aromatic rings. The zero-order valence-electron chi connectivity index (χ0n) is 17.9. The van der Waals surface area contributed by atoms with Gasteiger partial charge in [-0.15, -0.1) is 0 Å². The van der Waals surface area contributed by atoms with Crippen LogP contribution < -0.4 is 14.2 Å². The average molecular weight is 445 g/mol. The minimum atomic E-state index is -3.80. The summed E-state index contributed by atoms with van der Waals surface area (Å²) >= 11 is 0. The van der Waals surface area contributed by atoms with E-state index in [2.05, 4.69) is 4.72 Å². The predicted octanol–water partition coefficient (Wildman–Crippen LogP) is 3.65. The van der Waals surface area contributed by atoms with Gasteiger partial charge in [-0.25, -0.2) is 8.42 Å². The fourth-order valence-corrected chi connectivity index (χ4v) is 5.02. The molecule has 2 aliphatic heterocycles. The molecule has 0 aliphatic carbocycles. The Bertz CT molecular complexity index is 1080. The topological polar surface area (TPSA) is 84.9 Å². The number of nitrogens with one attached hydrogen (secondary N) is 1. The maximum atomic E-state index is 12.9. The third kappa shape index (κ3) is 4.79. The van der Waals surface area contributed by atoms with Gasteiger partial charge < -0.3 is 14.4 Å². The first-order valence-electron chi connectivity index (χ1n) is 10.7. The smallest absolute Gasteiger partial charge is 0.267 e. The Hall–Kier alpha value is -2.74. The van der Waals surface area contributed by atoms with Gasteiger partial charge in [0.2, 0.25) is 6.10 Å². The van der Waals surface area contributed by atoms with E-state index in [-0.39, 0.29) is 17.4 Å². The van der Waals surface area contributed by atoms with E-state index in [1.54, 1.807) is 12.1 Å². The molecular weight excluding hydrogens is 416 g/mol. The number of carbonyl (C=O) groups is 1. The lowest BCUT2D eigenvalue weighted by Gasteiger charge is -2.30. The Morgan fingerprint density at radius 2 is 1.74 bits per heavy atom. The summed E-state index contributed by atoms with van der Waals surface area (Å²) in [6, 6.07) is 10.1. The lowest BCUT2D eigenvalue weighted by atomic mass is 10.1. The van der Waals surface area contributed by atoms with Crippen molar-refractivity contribution in [1.29, 1.82) is 0 Å². The number of ether oxygens (including phenoxy) is 2. The minimum absolute atomic E-state index is 0.0657. The van der Waals surface area contributed by atoms with E-state index in [0.717, 1.165) is 49.9 Å². The molecule has 2 heterocycles. The highest BCUT2D eigenvalue weighted by atomic mass is 32.2. The fourth-order valence-electron chi connectivity index (χ4n) is 3.88. The third-order valence-electron chi connectivity index (χ3n) is 5.72. The fraction of sp³-hybridized carbons (Fsp3) is 0.435. The van der Waals surface area contributed by atoms with Crippen molar-refractivity contribution in [2.45, 2.75) is 50.5 Å². The van der Waals surface area contributed by atoms with Gasteiger partial charge >= 0.3 is 0 Å². The normalized spacial score (nSPS) is 18.9. The second-order valence-corrected chi connectivity index (χ2v) is 9.87. The minimum Gasteiger partial charge on any atom is -0.485 e. The number of anilines is 1. The first-order chi connectivity index (χ1) is 14.8. The van der Waals surface area contributed by atoms with Crippen molar-refractivity contribution in [3.8, 4) is 11.5 Å². The highest BCUT2D eigenvalue weighted by Crippen LogP contribution is 2.35. The van der Waals surface area contributed by atoms with Gasteiger partial charge in [-0.3, -0.25) is 9.52 Å². The van der Waals surface area contributed by atoms with E-state index < -0.39 is 16.1 Å². The van der Waals surface area contributed by atoms with Gasteiger partial charge in [0.15, 0.2) is 11.5 Å². The number of hydrogen-bond donors (Lipinski definition) is 1. The molecule has 8 heteroatoms. The van der Waals surface area contributed by atoms with Crippen LogP contribution in [0, 0.1) is 13.8 Å². The third-order valence-corrected chi connectivity index (χ3v) is 7.08. The molecule has 31 heavy (non-hydrogen) atoms. The molecule has 1 saturated heterocycles. The van der Waals surface area contributed by atoms with E-state index in [4.69, 9.17) is 9.47 Å². The molecule has 2 aromatic carbocycles. The number of rotatable bonds is 4. The van der Waals surface area contributed by atoms with Crippen molar-refractivity contribution >= 4 is 21.6 Å². The van der Waals surface area contributed by atoms with Crippen LogP contribution >= 0.6 is 0 Å². The number of hydrogen-bond acceptors (Lipinski definition) is 5. The van der Waals surface area contributed by atoms with Crippen molar-refractivity contribution in [3.63, 3.8) is 0 Å². The number of fused-ring (bicyclic) bond motifs is 1. The second-order valence-electron chi connectivity index (χ2n) is 8.19. The summed E-state index contributed by atoms with van der Waals surface area (Å²) in [5, 5.41) is 0. The zero-order chi connectivity index (χ0) is 22.0. The van der Waals surface area contributed by atoms with Crippen LogP contribution in [0.15, 0.2) is 41.3 Å². The van der Waals surface area contributed by atoms with E-state index in [9.17, 15) is 13.2 Å². The Morgan fingerprint density at radius 3 is 2.48 bits per heavy atom. The van der Waals surface area contributed by atoms with E-state index in [1.165, 1.54) is 12.1 Å². The number of likely N-dealkylation sites (tertiary alicyclic amines) is 1. The Morgan fingerprint density at radius 1 is 1.00 bits per heavy atom. The van der Waals surface area contributed by atoms with Gasteiger partial charge in [0, 0.05) is 19.2 Å². The first kappa shape index (κ1) is 21.5. The molecular formula is C23H28N2O5S. The van der Waals surface area contributed by atoms with Gasteiger partial charge in [-0.05, 0) is 56.0 Å². The number of sulfonamides is 1. The molecule has 0 bridgehead atoms. The van der Waals surface area contributed by atoms with Crippen LogP contribution in [0.25, 0.3) is 0 Å². The second kappa shape index (κ2) is 8.78. The van der Waals surface area contributed by atoms with Crippen LogP contribution in [0.5, 0.6) is 11.5 Å². The summed E-state index contributed by atoms with van der Waals surface area (Å²) in [7, 11) is -3.80. The van der Waals surface area contributed by atoms with Crippen LogP contribution in [0.2, 0.25) is 0 Å². The van der Waals surface area contributed by atoms with Gasteiger partial charge in [0.05, 0.1) is 10.6 Å². The molecule has 0 spiro atoms. The van der Waals surface area contributed by atoms with Crippen molar-refractivity contribution < 1.29 is 22.7 Å². The van der Waals surface area contributed by atoms with Crippen LogP contribution in [0.4, 0.5) is 5.69 Å². The number of aryl methyl sites for hydroxylation is 2. The molecule has 166 valence electrons. The quantitative estimate of drug-likeness (QED) is 0.778. The number of nitrogens with zero attached hydrogens (tertiary/aromatic N) is 1. The van der Waals surface area contributed by atoms with Crippen LogP contribution in [-0.2, 0) is 14.8 Å². The van der Waals surface area contributed by atoms with E-state index in [0.29, 0.717) is 17.2 Å². The summed E-state index contributed by atoms with van der Waals surface area (Å²) in [4.78, 5) is 14.7. The van der Waals surface area contributed by atoms with Crippen molar-refractivity contribution in [2.24, 2.45) is 0 Å². The summed E-state index contributed by atoms with van der Waals surface area (Å²) in [6.07, 6.45) is 3.58. The molecule has 0 saturated carbocycles. The first-order valence-corrected chi connectivity index (χ1v) is 12.1. The number of benzene rings is 2. The van der Waals surface area contributed by atoms with Crippen molar-refractivity contribution in [1.82, 2.24) is 4.90 Å². The molecule has 1 fully saturated rings. The van der Waals surface area contributed by atoms with Crippen LogP contribution in [0.1, 0.15) is 36.8 Å². The Balaban J connectivity index is 1.49. The molecule has 4 rings (SSSR count). The van der Waals surface area contributed by atoms with Gasteiger partial charge in [0.25, 0.3) is 15.9 Å². The van der Waals surface area contributed by atoms with Crippen LogP contribution in [0.3, 0.4) is 0 Å². The molecule has 0 aromatic heterocycles. The van der Waals surface area contributed by atoms with Crippen molar-refractivity contribution in [3.05, 3.63) is 47.5 Å². The van der Waals surface area contributed by atoms with Gasteiger partial charge in [-0.1, -0.05) is 25.0 Å². The average Bonchev–Trinajstić information content (AvgIpc) is 3.04. The molecule has 0 radical (unpaired) electrons. The Labute approximate surface area is 183 Å². The lowest BCUT2D eigenvalue weighted by molar-refractivity contribution is -0.141. The summed E-state index contributed by atoms with van der Waals surface area (Å²) in [5.74, 6) is 0.634. The van der Waals surface area contributed by atoms with Crippen LogP contribution in [-0.4, -0.2) is 45.0 Å². The number of amides is 1. The standard InChI is InChI=1S/C23H28N2O5S/c1-16-7-8-17(2)19(13-16)24-31(27,28)18-9-10-20-21(14-18)29-15-22(30-20)23(26)25-11-5-3-4-6-12-25/h7-10,13-14,22,24H,3-6,11-12,15H2,1-2H3. The largest absolute Gasteiger partial charge is 0.485 e. The highest BCUT2D eigenvalue weighted by Gasteiger charge is 2.32. The van der Waals surface area contributed by atoms with E-state index >= 15 is 0 Å². The molecule has 1 amide bonds. The maximum Gasteiger partial charge on any atom is 0.267 e. The highest BCUT2D eigenvalue weighted by molar-refractivity contribution is 7.92. The lowest BCUT2D eigenvalue weighted by Crippen LogP contribution is -2.46. The molecule has 1 atom stereocenters.